The van der Waals surface area contributed by atoms with Crippen molar-refractivity contribution in [1.82, 2.24) is 0 Å². The summed E-state index contributed by atoms with van der Waals surface area (Å²) < 4.78 is 0. The standard InChI is InChI=1S/C56H36/c1-4-24-45-37(14-1)17-11-29-48(45)42-21-9-20-40(34-42)41-32-33-53-54(36-41)55(44-23-10-22-43(35-44)49-30-12-18-38-15-2-5-25-46(38)49)51-27-7-8-28-52(51)56(53)50-31-13-19-39-16-3-6-26-47(39)50/h1-36H. The molecule has 0 N–H and O–H groups in total. The van der Waals surface area contributed by atoms with E-state index in [2.05, 4.69) is 218 Å². The molecule has 260 valence electrons. The SMILES string of the molecule is c1cc(-c2ccc3c(-c4cccc5ccccc45)c4ccccc4c(-c4cccc(-c5cccc6ccccc56)c4)c3c2)cc(-c2cccc3ccccc23)c1. The Bertz CT molecular complexity index is 3290. The van der Waals surface area contributed by atoms with Crippen LogP contribution in [0, 0.1) is 0 Å². The molecule has 0 atom stereocenters. The van der Waals surface area contributed by atoms with Gasteiger partial charge in [-0.3, -0.25) is 0 Å². The second-order valence-corrected chi connectivity index (χ2v) is 14.8. The van der Waals surface area contributed by atoms with Crippen molar-refractivity contribution < 1.29 is 0 Å². The van der Waals surface area contributed by atoms with Crippen LogP contribution in [-0.2, 0) is 0 Å². The highest BCUT2D eigenvalue weighted by Crippen LogP contribution is 2.47. The maximum absolute atomic E-state index is 2.44. The van der Waals surface area contributed by atoms with Crippen molar-refractivity contribution in [2.75, 3.05) is 0 Å². The first kappa shape index (κ1) is 32.2. The lowest BCUT2D eigenvalue weighted by Crippen LogP contribution is -1.93. The average Bonchev–Trinajstić information content (AvgIpc) is 3.27. The molecule has 0 fully saturated rings. The van der Waals surface area contributed by atoms with Gasteiger partial charge in [0, 0.05) is 0 Å². The molecule has 0 unspecified atom stereocenters. The van der Waals surface area contributed by atoms with Gasteiger partial charge in [-0.25, -0.2) is 0 Å². The van der Waals surface area contributed by atoms with Gasteiger partial charge in [-0.2, -0.15) is 0 Å². The van der Waals surface area contributed by atoms with Crippen LogP contribution in [0.1, 0.15) is 0 Å². The van der Waals surface area contributed by atoms with Gasteiger partial charge in [0.25, 0.3) is 0 Å². The van der Waals surface area contributed by atoms with Crippen molar-refractivity contribution >= 4 is 53.9 Å². The van der Waals surface area contributed by atoms with Crippen molar-refractivity contribution in [1.29, 1.82) is 0 Å². The maximum atomic E-state index is 2.44. The zero-order valence-corrected chi connectivity index (χ0v) is 30.8. The molecular weight excluding hydrogens is 673 g/mol. The number of rotatable bonds is 5. The van der Waals surface area contributed by atoms with E-state index in [4.69, 9.17) is 0 Å². The van der Waals surface area contributed by atoms with Crippen LogP contribution < -0.4 is 0 Å². The molecule has 0 aromatic heterocycles. The Hall–Kier alpha value is -7.28. The molecule has 11 aromatic carbocycles. The quantitative estimate of drug-likeness (QED) is 0.156. The molecular formula is C56H36. The van der Waals surface area contributed by atoms with Crippen LogP contribution in [-0.4, -0.2) is 0 Å². The van der Waals surface area contributed by atoms with E-state index in [1.54, 1.807) is 0 Å². The molecule has 0 saturated carbocycles. The lowest BCUT2D eigenvalue weighted by Gasteiger charge is -2.20. The van der Waals surface area contributed by atoms with Gasteiger partial charge in [-0.15, -0.1) is 0 Å². The molecule has 56 heavy (non-hydrogen) atoms. The summed E-state index contributed by atoms with van der Waals surface area (Å²) in [6.45, 7) is 0. The van der Waals surface area contributed by atoms with E-state index in [9.17, 15) is 0 Å². The van der Waals surface area contributed by atoms with Gasteiger partial charge in [0.15, 0.2) is 0 Å². The molecule has 11 aromatic rings. The van der Waals surface area contributed by atoms with Crippen LogP contribution in [0.3, 0.4) is 0 Å². The molecule has 0 nitrogen and oxygen atoms in total. The Morgan fingerprint density at radius 3 is 1.14 bits per heavy atom. The minimum absolute atomic E-state index is 1.20. The minimum atomic E-state index is 1.20. The molecule has 0 aliphatic rings. The highest BCUT2D eigenvalue weighted by Gasteiger charge is 2.19. The summed E-state index contributed by atoms with van der Waals surface area (Å²) in [7, 11) is 0. The van der Waals surface area contributed by atoms with Crippen molar-refractivity contribution in [3.05, 3.63) is 218 Å². The van der Waals surface area contributed by atoms with Gasteiger partial charge in [0.2, 0.25) is 0 Å². The van der Waals surface area contributed by atoms with E-state index in [-0.39, 0.29) is 0 Å². The lowest BCUT2D eigenvalue weighted by molar-refractivity contribution is 1.61. The third-order valence-electron chi connectivity index (χ3n) is 11.6. The van der Waals surface area contributed by atoms with Gasteiger partial charge in [0.1, 0.15) is 0 Å². The predicted octanol–water partition coefficient (Wildman–Crippen LogP) is 15.8. The van der Waals surface area contributed by atoms with Gasteiger partial charge in [0.05, 0.1) is 0 Å². The zero-order chi connectivity index (χ0) is 37.0. The third kappa shape index (κ3) is 5.30. The lowest BCUT2D eigenvalue weighted by atomic mass is 9.83. The van der Waals surface area contributed by atoms with E-state index in [0.717, 1.165) is 0 Å². The fourth-order valence-corrected chi connectivity index (χ4v) is 9.07. The fraction of sp³-hybridized carbons (Fsp3) is 0. The van der Waals surface area contributed by atoms with Crippen LogP contribution in [0.4, 0.5) is 0 Å². The topological polar surface area (TPSA) is 0 Å². The molecule has 0 saturated heterocycles. The third-order valence-corrected chi connectivity index (χ3v) is 11.6. The number of benzene rings is 11. The van der Waals surface area contributed by atoms with Crippen molar-refractivity contribution in [2.45, 2.75) is 0 Å². The van der Waals surface area contributed by atoms with E-state index < -0.39 is 0 Å². The summed E-state index contributed by atoms with van der Waals surface area (Å²) in [6, 6.07) is 80.4. The number of fused-ring (bicyclic) bond motifs is 5. The van der Waals surface area contributed by atoms with Gasteiger partial charge in [-0.1, -0.05) is 200 Å². The molecule has 0 heterocycles. The van der Waals surface area contributed by atoms with Gasteiger partial charge >= 0.3 is 0 Å². The number of hydrogen-bond acceptors (Lipinski definition) is 0. The van der Waals surface area contributed by atoms with E-state index in [1.165, 1.54) is 109 Å². The van der Waals surface area contributed by atoms with Crippen LogP contribution in [0.2, 0.25) is 0 Å². The Morgan fingerprint density at radius 1 is 0.179 bits per heavy atom. The molecule has 0 heteroatoms. The smallest absolute Gasteiger partial charge is 0.00201 e. The van der Waals surface area contributed by atoms with Crippen LogP contribution in [0.5, 0.6) is 0 Å². The molecule has 0 radical (unpaired) electrons. The van der Waals surface area contributed by atoms with Crippen LogP contribution >= 0.6 is 0 Å². The van der Waals surface area contributed by atoms with Crippen molar-refractivity contribution in [3.63, 3.8) is 0 Å². The Morgan fingerprint density at radius 2 is 0.554 bits per heavy atom. The first-order valence-corrected chi connectivity index (χ1v) is 19.4. The summed E-state index contributed by atoms with van der Waals surface area (Å²) in [6.07, 6.45) is 0. The van der Waals surface area contributed by atoms with Gasteiger partial charge in [-0.05, 0) is 128 Å². The van der Waals surface area contributed by atoms with Crippen molar-refractivity contribution in [3.8, 4) is 55.6 Å². The molecule has 0 aliphatic carbocycles. The first-order chi connectivity index (χ1) is 27.8. The Labute approximate surface area is 326 Å². The molecule has 0 bridgehead atoms. The minimum Gasteiger partial charge on any atom is -0.0616 e. The molecule has 0 spiro atoms. The molecule has 11 rings (SSSR count). The largest absolute Gasteiger partial charge is 0.0616 e. The average molecular weight is 709 g/mol. The summed E-state index contributed by atoms with van der Waals surface area (Å²) >= 11 is 0. The monoisotopic (exact) mass is 708 g/mol. The summed E-state index contributed by atoms with van der Waals surface area (Å²) in [5.74, 6) is 0. The Balaban J connectivity index is 1.19. The fourth-order valence-electron chi connectivity index (χ4n) is 9.07. The van der Waals surface area contributed by atoms with Crippen LogP contribution in [0.25, 0.3) is 109 Å². The van der Waals surface area contributed by atoms with Gasteiger partial charge < -0.3 is 0 Å². The van der Waals surface area contributed by atoms with E-state index in [1.807, 2.05) is 0 Å². The second kappa shape index (κ2) is 13.2. The number of hydrogen-bond donors (Lipinski definition) is 0. The molecule has 0 aliphatic heterocycles. The molecule has 0 amide bonds. The maximum Gasteiger partial charge on any atom is -0.00201 e. The van der Waals surface area contributed by atoms with Crippen LogP contribution in [0.15, 0.2) is 218 Å². The normalized spacial score (nSPS) is 11.6. The van der Waals surface area contributed by atoms with E-state index >= 15 is 0 Å². The van der Waals surface area contributed by atoms with Crippen molar-refractivity contribution in [2.24, 2.45) is 0 Å². The first-order valence-electron chi connectivity index (χ1n) is 19.4. The van der Waals surface area contributed by atoms with E-state index in [0.29, 0.717) is 0 Å². The summed E-state index contributed by atoms with van der Waals surface area (Å²) in [5, 5.41) is 12.5. The Kier molecular flexibility index (Phi) is 7.60. The second-order valence-electron chi connectivity index (χ2n) is 14.8. The highest BCUT2D eigenvalue weighted by atomic mass is 14.2. The highest BCUT2D eigenvalue weighted by molar-refractivity contribution is 6.24. The summed E-state index contributed by atoms with van der Waals surface area (Å²) in [5.41, 5.74) is 12.3. The summed E-state index contributed by atoms with van der Waals surface area (Å²) in [4.78, 5) is 0. The zero-order valence-electron chi connectivity index (χ0n) is 30.8. The predicted molar refractivity (Wildman–Crippen MR) is 241 cm³/mol.